The van der Waals surface area contributed by atoms with Crippen LogP contribution < -0.4 is 0 Å². The molecule has 38 heavy (non-hydrogen) atoms. The van der Waals surface area contributed by atoms with Crippen LogP contribution in [-0.4, -0.2) is 12.6 Å². The minimum Gasteiger partial charge on any atom is -0.466 e. The number of rotatable bonds is 33. The first kappa shape index (κ1) is 37.5. The van der Waals surface area contributed by atoms with Crippen LogP contribution in [-0.2, 0) is 9.53 Å². The van der Waals surface area contributed by atoms with E-state index in [9.17, 15) is 4.79 Å². The summed E-state index contributed by atoms with van der Waals surface area (Å²) in [4.78, 5) is 11.9. The third-order valence-corrected chi connectivity index (χ3v) is 8.25. The predicted molar refractivity (Wildman–Crippen MR) is 170 cm³/mol. The van der Waals surface area contributed by atoms with Crippen molar-refractivity contribution in [2.24, 2.45) is 0 Å². The molecule has 0 aromatic carbocycles. The van der Waals surface area contributed by atoms with Gasteiger partial charge in [-0.3, -0.25) is 4.79 Å². The van der Waals surface area contributed by atoms with Crippen molar-refractivity contribution in [3.05, 3.63) is 0 Å². The van der Waals surface area contributed by atoms with Crippen LogP contribution in [0.5, 0.6) is 0 Å². The lowest BCUT2D eigenvalue weighted by atomic mass is 10.0. The lowest BCUT2D eigenvalue weighted by molar-refractivity contribution is -0.143. The fourth-order valence-electron chi connectivity index (χ4n) is 5.55. The molecule has 0 bridgehead atoms. The molecule has 0 aliphatic heterocycles. The SMILES string of the molecule is CCCCCCCCCCCCCCCCCCC(=O)OCCCCCCCCCCCCCCCCC. The molecular weight excluding hydrogens is 464 g/mol. The molecule has 2 heteroatoms. The number of carbonyl (C=O) groups excluding carboxylic acids is 1. The van der Waals surface area contributed by atoms with Crippen molar-refractivity contribution in [2.45, 2.75) is 219 Å². The Labute approximate surface area is 241 Å². The Morgan fingerprint density at radius 2 is 0.579 bits per heavy atom. The summed E-state index contributed by atoms with van der Waals surface area (Å²) in [7, 11) is 0. The highest BCUT2D eigenvalue weighted by Crippen LogP contribution is 2.15. The van der Waals surface area contributed by atoms with E-state index in [-0.39, 0.29) is 5.97 Å². The first-order chi connectivity index (χ1) is 18.8. The summed E-state index contributed by atoms with van der Waals surface area (Å²) in [6, 6.07) is 0. The van der Waals surface area contributed by atoms with Gasteiger partial charge < -0.3 is 4.74 Å². The summed E-state index contributed by atoms with van der Waals surface area (Å²) in [5.41, 5.74) is 0. The molecule has 0 heterocycles. The van der Waals surface area contributed by atoms with Crippen molar-refractivity contribution in [2.75, 3.05) is 6.61 Å². The standard InChI is InChI=1S/C36H72O2/c1-3-5-7-9-11-13-15-17-19-20-22-24-26-28-30-32-34-36(37)38-35-33-31-29-27-25-23-21-18-16-14-12-10-8-6-4-2/h3-35H2,1-2H3. The molecule has 228 valence electrons. The molecule has 0 aromatic rings. The van der Waals surface area contributed by atoms with Crippen molar-refractivity contribution in [1.82, 2.24) is 0 Å². The summed E-state index contributed by atoms with van der Waals surface area (Å²) in [5, 5.41) is 0. The normalized spacial score (nSPS) is 11.3. The lowest BCUT2D eigenvalue weighted by Gasteiger charge is -2.06. The van der Waals surface area contributed by atoms with Crippen molar-refractivity contribution < 1.29 is 9.53 Å². The predicted octanol–water partition coefficient (Wildman–Crippen LogP) is 13.1. The molecule has 0 amide bonds. The van der Waals surface area contributed by atoms with Crippen LogP contribution in [0.1, 0.15) is 219 Å². The van der Waals surface area contributed by atoms with Gasteiger partial charge in [-0.05, 0) is 12.8 Å². The summed E-state index contributed by atoms with van der Waals surface area (Å²) in [5.74, 6) is 0.0285. The van der Waals surface area contributed by atoms with Gasteiger partial charge in [0.05, 0.1) is 6.61 Å². The lowest BCUT2D eigenvalue weighted by Crippen LogP contribution is -2.05. The highest BCUT2D eigenvalue weighted by molar-refractivity contribution is 5.69. The van der Waals surface area contributed by atoms with Crippen LogP contribution in [0.4, 0.5) is 0 Å². The van der Waals surface area contributed by atoms with E-state index in [0.717, 1.165) is 12.8 Å². The molecule has 0 atom stereocenters. The topological polar surface area (TPSA) is 26.3 Å². The van der Waals surface area contributed by atoms with E-state index in [1.165, 1.54) is 186 Å². The second-order valence-corrected chi connectivity index (χ2v) is 12.2. The van der Waals surface area contributed by atoms with Crippen molar-refractivity contribution in [1.29, 1.82) is 0 Å². The van der Waals surface area contributed by atoms with Gasteiger partial charge in [0, 0.05) is 6.42 Å². The summed E-state index contributed by atoms with van der Waals surface area (Å²) in [6.45, 7) is 5.22. The van der Waals surface area contributed by atoms with Crippen LogP contribution >= 0.6 is 0 Å². The van der Waals surface area contributed by atoms with E-state index in [0.29, 0.717) is 13.0 Å². The zero-order valence-corrected chi connectivity index (χ0v) is 26.7. The van der Waals surface area contributed by atoms with E-state index in [2.05, 4.69) is 13.8 Å². The van der Waals surface area contributed by atoms with Gasteiger partial charge in [-0.1, -0.05) is 200 Å². The number of hydrogen-bond donors (Lipinski definition) is 0. The van der Waals surface area contributed by atoms with Gasteiger partial charge >= 0.3 is 5.97 Å². The number of hydrogen-bond acceptors (Lipinski definition) is 2. The van der Waals surface area contributed by atoms with E-state index in [1.807, 2.05) is 0 Å². The van der Waals surface area contributed by atoms with E-state index in [1.54, 1.807) is 0 Å². The number of unbranched alkanes of at least 4 members (excludes halogenated alkanes) is 29. The van der Waals surface area contributed by atoms with Gasteiger partial charge in [0.1, 0.15) is 0 Å². The molecular formula is C36H72O2. The molecule has 0 saturated carbocycles. The summed E-state index contributed by atoms with van der Waals surface area (Å²) < 4.78 is 5.44. The van der Waals surface area contributed by atoms with Gasteiger partial charge in [-0.2, -0.15) is 0 Å². The minimum atomic E-state index is 0.0285. The second kappa shape index (κ2) is 34.5. The van der Waals surface area contributed by atoms with Crippen LogP contribution in [0.2, 0.25) is 0 Å². The Kier molecular flexibility index (Phi) is 34.0. The zero-order chi connectivity index (χ0) is 27.6. The average Bonchev–Trinajstić information content (AvgIpc) is 2.92. The third-order valence-electron chi connectivity index (χ3n) is 8.25. The van der Waals surface area contributed by atoms with Crippen LogP contribution in [0, 0.1) is 0 Å². The molecule has 0 spiro atoms. The van der Waals surface area contributed by atoms with Crippen LogP contribution in [0.3, 0.4) is 0 Å². The molecule has 0 unspecified atom stereocenters. The highest BCUT2D eigenvalue weighted by atomic mass is 16.5. The fourth-order valence-corrected chi connectivity index (χ4v) is 5.55. The zero-order valence-electron chi connectivity index (χ0n) is 26.7. The Hall–Kier alpha value is -0.530. The minimum absolute atomic E-state index is 0.0285. The maximum atomic E-state index is 11.9. The van der Waals surface area contributed by atoms with Gasteiger partial charge in [-0.15, -0.1) is 0 Å². The van der Waals surface area contributed by atoms with Gasteiger partial charge in [-0.25, -0.2) is 0 Å². The molecule has 0 radical (unpaired) electrons. The largest absolute Gasteiger partial charge is 0.466 e. The molecule has 0 rings (SSSR count). The van der Waals surface area contributed by atoms with Gasteiger partial charge in [0.25, 0.3) is 0 Å². The molecule has 0 fully saturated rings. The number of esters is 1. The summed E-state index contributed by atoms with van der Waals surface area (Å²) in [6.07, 6.45) is 43.1. The van der Waals surface area contributed by atoms with Crippen LogP contribution in [0.25, 0.3) is 0 Å². The van der Waals surface area contributed by atoms with E-state index >= 15 is 0 Å². The molecule has 2 nitrogen and oxygen atoms in total. The van der Waals surface area contributed by atoms with E-state index < -0.39 is 0 Å². The average molecular weight is 537 g/mol. The maximum Gasteiger partial charge on any atom is 0.305 e. The van der Waals surface area contributed by atoms with Crippen molar-refractivity contribution in [3.8, 4) is 0 Å². The number of carbonyl (C=O) groups is 1. The van der Waals surface area contributed by atoms with Crippen molar-refractivity contribution in [3.63, 3.8) is 0 Å². The molecule has 0 aliphatic rings. The molecule has 0 aliphatic carbocycles. The summed E-state index contributed by atoms with van der Waals surface area (Å²) >= 11 is 0. The van der Waals surface area contributed by atoms with E-state index in [4.69, 9.17) is 4.74 Å². The highest BCUT2D eigenvalue weighted by Gasteiger charge is 2.03. The Morgan fingerprint density at radius 3 is 0.868 bits per heavy atom. The van der Waals surface area contributed by atoms with Crippen LogP contribution in [0.15, 0.2) is 0 Å². The monoisotopic (exact) mass is 537 g/mol. The fraction of sp³-hybridized carbons (Fsp3) is 0.972. The van der Waals surface area contributed by atoms with Gasteiger partial charge in [0.2, 0.25) is 0 Å². The maximum absolute atomic E-state index is 11.9. The number of ether oxygens (including phenoxy) is 1. The van der Waals surface area contributed by atoms with Gasteiger partial charge in [0.15, 0.2) is 0 Å². The second-order valence-electron chi connectivity index (χ2n) is 12.2. The first-order valence-electron chi connectivity index (χ1n) is 18.0. The van der Waals surface area contributed by atoms with Crippen molar-refractivity contribution >= 4 is 5.97 Å². The third kappa shape index (κ3) is 33.5. The molecule has 0 N–H and O–H groups in total. The molecule has 0 aromatic heterocycles. The Balaban J connectivity index is 3.14. The Morgan fingerprint density at radius 1 is 0.342 bits per heavy atom. The first-order valence-corrected chi connectivity index (χ1v) is 18.0. The Bertz CT molecular complexity index is 395. The quantitative estimate of drug-likeness (QED) is 0.0615. The smallest absolute Gasteiger partial charge is 0.305 e. The molecule has 0 saturated heterocycles.